The van der Waals surface area contributed by atoms with Crippen LogP contribution in [0.15, 0.2) is 29.2 Å². The minimum atomic E-state index is -4.32. The average molecular weight is 319 g/mol. The summed E-state index contributed by atoms with van der Waals surface area (Å²) in [6.07, 6.45) is 1.89. The Kier molecular flexibility index (Phi) is 5.16. The van der Waals surface area contributed by atoms with Gasteiger partial charge in [0.2, 0.25) is 0 Å². The number of amides is 1. The highest BCUT2D eigenvalue weighted by molar-refractivity contribution is 8.00. The van der Waals surface area contributed by atoms with Crippen LogP contribution in [0.3, 0.4) is 0 Å². The summed E-state index contributed by atoms with van der Waals surface area (Å²) in [5.41, 5.74) is -3.98. The summed E-state index contributed by atoms with van der Waals surface area (Å²) in [4.78, 5) is 12.1. The molecule has 1 saturated heterocycles. The van der Waals surface area contributed by atoms with Crippen LogP contribution < -0.4 is 5.32 Å². The third-order valence-electron chi connectivity index (χ3n) is 3.23. The molecule has 0 unspecified atom stereocenters. The van der Waals surface area contributed by atoms with Gasteiger partial charge in [-0.25, -0.2) is 0 Å². The standard InChI is InChI=1S/C14H16F3NO2S/c1-9(12-3-2-8-20-12)18-13(19)10-4-6-11(7-5-10)21-14(15,16)17/h4-7,9,12H,2-3,8H2,1H3,(H,18,19)/t9-,12+/m0/s1. The van der Waals surface area contributed by atoms with Crippen molar-refractivity contribution in [2.24, 2.45) is 0 Å². The molecule has 2 rings (SSSR count). The van der Waals surface area contributed by atoms with Crippen molar-refractivity contribution in [1.29, 1.82) is 0 Å². The molecule has 3 nitrogen and oxygen atoms in total. The second-order valence-corrected chi connectivity index (χ2v) is 6.02. The Balaban J connectivity index is 1.93. The fraction of sp³-hybridized carbons (Fsp3) is 0.500. The number of thioether (sulfide) groups is 1. The van der Waals surface area contributed by atoms with E-state index in [0.717, 1.165) is 12.8 Å². The first-order valence-electron chi connectivity index (χ1n) is 6.63. The molecule has 0 radical (unpaired) electrons. The fourth-order valence-corrected chi connectivity index (χ4v) is 2.73. The lowest BCUT2D eigenvalue weighted by Gasteiger charge is -2.20. The van der Waals surface area contributed by atoms with E-state index in [-0.39, 0.29) is 34.7 Å². The van der Waals surface area contributed by atoms with Crippen molar-refractivity contribution in [3.63, 3.8) is 0 Å². The lowest BCUT2D eigenvalue weighted by molar-refractivity contribution is -0.0328. The van der Waals surface area contributed by atoms with E-state index in [1.54, 1.807) is 0 Å². The molecule has 1 amide bonds. The Bertz CT molecular complexity index is 484. The molecule has 1 fully saturated rings. The molecule has 0 spiro atoms. The molecule has 21 heavy (non-hydrogen) atoms. The molecule has 116 valence electrons. The van der Waals surface area contributed by atoms with Gasteiger partial charge < -0.3 is 10.1 Å². The third-order valence-corrected chi connectivity index (χ3v) is 3.97. The lowest BCUT2D eigenvalue weighted by Crippen LogP contribution is -2.40. The summed E-state index contributed by atoms with van der Waals surface area (Å²) in [5, 5.41) is 2.81. The Labute approximate surface area is 125 Å². The number of rotatable bonds is 4. The molecule has 1 N–H and O–H groups in total. The SMILES string of the molecule is C[C@H](NC(=O)c1ccc(SC(F)(F)F)cc1)[C@H]1CCCO1. The Morgan fingerprint density at radius 2 is 2.05 bits per heavy atom. The Hall–Kier alpha value is -1.21. The van der Waals surface area contributed by atoms with E-state index in [0.29, 0.717) is 12.2 Å². The molecule has 0 saturated carbocycles. The highest BCUT2D eigenvalue weighted by Gasteiger charge is 2.29. The molecule has 1 aliphatic heterocycles. The highest BCUT2D eigenvalue weighted by atomic mass is 32.2. The summed E-state index contributed by atoms with van der Waals surface area (Å²) in [6.45, 7) is 2.57. The normalized spacial score (nSPS) is 20.3. The minimum absolute atomic E-state index is 0.00834. The zero-order valence-corrected chi connectivity index (χ0v) is 12.3. The first-order valence-corrected chi connectivity index (χ1v) is 7.45. The molecular formula is C14H16F3NO2S. The second-order valence-electron chi connectivity index (χ2n) is 4.89. The van der Waals surface area contributed by atoms with Gasteiger partial charge in [-0.1, -0.05) is 0 Å². The van der Waals surface area contributed by atoms with Gasteiger partial charge in [0.1, 0.15) is 0 Å². The van der Waals surface area contributed by atoms with E-state index in [2.05, 4.69) is 5.32 Å². The van der Waals surface area contributed by atoms with Crippen molar-refractivity contribution in [2.45, 2.75) is 42.3 Å². The number of nitrogens with one attached hydrogen (secondary N) is 1. The van der Waals surface area contributed by atoms with Crippen molar-refractivity contribution in [1.82, 2.24) is 5.32 Å². The van der Waals surface area contributed by atoms with E-state index in [1.165, 1.54) is 24.3 Å². The number of hydrogen-bond donors (Lipinski definition) is 1. The van der Waals surface area contributed by atoms with Crippen LogP contribution in [0.5, 0.6) is 0 Å². The number of halogens is 3. The number of carbonyl (C=O) groups excluding carboxylic acids is 1. The maximum absolute atomic E-state index is 12.2. The van der Waals surface area contributed by atoms with Crippen LogP contribution >= 0.6 is 11.8 Å². The van der Waals surface area contributed by atoms with Gasteiger partial charge in [0.05, 0.1) is 12.1 Å². The molecular weight excluding hydrogens is 303 g/mol. The predicted molar refractivity (Wildman–Crippen MR) is 74.3 cm³/mol. The molecule has 1 aliphatic rings. The van der Waals surface area contributed by atoms with Crippen LogP contribution in [-0.4, -0.2) is 30.2 Å². The second kappa shape index (κ2) is 6.70. The van der Waals surface area contributed by atoms with Crippen molar-refractivity contribution < 1.29 is 22.7 Å². The van der Waals surface area contributed by atoms with Gasteiger partial charge in [0, 0.05) is 17.1 Å². The fourth-order valence-electron chi connectivity index (χ4n) is 2.19. The van der Waals surface area contributed by atoms with Crippen molar-refractivity contribution in [3.8, 4) is 0 Å². The van der Waals surface area contributed by atoms with Crippen LogP contribution in [0, 0.1) is 0 Å². The maximum atomic E-state index is 12.2. The molecule has 1 heterocycles. The Morgan fingerprint density at radius 1 is 1.38 bits per heavy atom. The minimum Gasteiger partial charge on any atom is -0.376 e. The van der Waals surface area contributed by atoms with E-state index < -0.39 is 5.51 Å². The van der Waals surface area contributed by atoms with Gasteiger partial charge in [0.25, 0.3) is 5.91 Å². The summed E-state index contributed by atoms with van der Waals surface area (Å²) in [7, 11) is 0. The van der Waals surface area contributed by atoms with Crippen molar-refractivity contribution in [2.75, 3.05) is 6.61 Å². The molecule has 0 aromatic heterocycles. The van der Waals surface area contributed by atoms with Crippen LogP contribution in [0.2, 0.25) is 0 Å². The van der Waals surface area contributed by atoms with E-state index in [9.17, 15) is 18.0 Å². The number of ether oxygens (including phenoxy) is 1. The molecule has 0 aliphatic carbocycles. The molecule has 7 heteroatoms. The largest absolute Gasteiger partial charge is 0.446 e. The molecule has 2 atom stereocenters. The van der Waals surface area contributed by atoms with E-state index in [1.807, 2.05) is 6.92 Å². The molecule has 1 aromatic rings. The van der Waals surface area contributed by atoms with Gasteiger partial charge in [-0.3, -0.25) is 4.79 Å². The van der Waals surface area contributed by atoms with Crippen LogP contribution in [0.1, 0.15) is 30.1 Å². The number of carbonyl (C=O) groups is 1. The van der Waals surface area contributed by atoms with Gasteiger partial charge >= 0.3 is 5.51 Å². The van der Waals surface area contributed by atoms with E-state index >= 15 is 0 Å². The van der Waals surface area contributed by atoms with Gasteiger partial charge in [-0.15, -0.1) is 0 Å². The summed E-state index contributed by atoms with van der Waals surface area (Å²) in [6, 6.07) is 5.26. The first kappa shape index (κ1) is 16.2. The predicted octanol–water partition coefficient (Wildman–Crippen LogP) is 3.60. The number of benzene rings is 1. The monoisotopic (exact) mass is 319 g/mol. The molecule has 1 aromatic carbocycles. The van der Waals surface area contributed by atoms with E-state index in [4.69, 9.17) is 4.74 Å². The average Bonchev–Trinajstić information content (AvgIpc) is 2.91. The maximum Gasteiger partial charge on any atom is 0.446 e. The highest BCUT2D eigenvalue weighted by Crippen LogP contribution is 2.36. The van der Waals surface area contributed by atoms with Gasteiger partial charge in [-0.05, 0) is 55.8 Å². The topological polar surface area (TPSA) is 38.3 Å². The third kappa shape index (κ3) is 4.93. The summed E-state index contributed by atoms with van der Waals surface area (Å²) >= 11 is -0.196. The molecule has 0 bridgehead atoms. The van der Waals surface area contributed by atoms with Crippen LogP contribution in [-0.2, 0) is 4.74 Å². The quantitative estimate of drug-likeness (QED) is 0.862. The zero-order chi connectivity index (χ0) is 15.5. The first-order chi connectivity index (χ1) is 9.85. The van der Waals surface area contributed by atoms with Crippen molar-refractivity contribution >= 4 is 17.7 Å². The number of alkyl halides is 3. The summed E-state index contributed by atoms with van der Waals surface area (Å²) in [5.74, 6) is -0.304. The van der Waals surface area contributed by atoms with Gasteiger partial charge in [0.15, 0.2) is 0 Å². The smallest absolute Gasteiger partial charge is 0.376 e. The van der Waals surface area contributed by atoms with Crippen LogP contribution in [0.4, 0.5) is 13.2 Å². The lowest BCUT2D eigenvalue weighted by atomic mass is 10.1. The van der Waals surface area contributed by atoms with Gasteiger partial charge in [-0.2, -0.15) is 13.2 Å². The van der Waals surface area contributed by atoms with Crippen LogP contribution in [0.25, 0.3) is 0 Å². The zero-order valence-electron chi connectivity index (χ0n) is 11.4. The number of hydrogen-bond acceptors (Lipinski definition) is 3. The summed E-state index contributed by atoms with van der Waals surface area (Å²) < 4.78 is 42.1. The van der Waals surface area contributed by atoms with Crippen molar-refractivity contribution in [3.05, 3.63) is 29.8 Å². The Morgan fingerprint density at radius 3 is 2.57 bits per heavy atom.